The number of carbonyl (C=O) groups is 1. The van der Waals surface area contributed by atoms with E-state index in [0.717, 1.165) is 11.3 Å². The molecule has 6 nitrogen and oxygen atoms in total. The minimum Gasteiger partial charge on any atom is -0.374 e. The van der Waals surface area contributed by atoms with Crippen molar-refractivity contribution >= 4 is 28.2 Å². The van der Waals surface area contributed by atoms with Crippen molar-refractivity contribution in [3.8, 4) is 0 Å². The predicted octanol–water partition coefficient (Wildman–Crippen LogP) is 0.768. The summed E-state index contributed by atoms with van der Waals surface area (Å²) in [5.41, 5.74) is 5.36. The Bertz CT molecular complexity index is 469. The van der Waals surface area contributed by atoms with E-state index in [4.69, 9.17) is 5.73 Å². The van der Waals surface area contributed by atoms with Crippen LogP contribution in [0.25, 0.3) is 0 Å². The van der Waals surface area contributed by atoms with Gasteiger partial charge in [0, 0.05) is 6.20 Å². The molecule has 0 unspecified atom stereocenters. The van der Waals surface area contributed by atoms with Crippen molar-refractivity contribution in [2.75, 3.05) is 11.1 Å². The first-order valence-electron chi connectivity index (χ1n) is 4.07. The fourth-order valence-corrected chi connectivity index (χ4v) is 1.44. The molecule has 2 aromatic heterocycles. The largest absolute Gasteiger partial charge is 0.374 e. The average Bonchev–Trinajstić information content (AvgIpc) is 2.66. The third kappa shape index (κ3) is 2.26. The molecule has 2 rings (SSSR count). The van der Waals surface area contributed by atoms with E-state index in [0.29, 0.717) is 5.82 Å². The fourth-order valence-electron chi connectivity index (χ4n) is 0.933. The average molecular weight is 221 g/mol. The van der Waals surface area contributed by atoms with Gasteiger partial charge in [0.2, 0.25) is 10.1 Å². The van der Waals surface area contributed by atoms with E-state index in [1.54, 1.807) is 24.4 Å². The molecular formula is C8H7N5OS. The van der Waals surface area contributed by atoms with Gasteiger partial charge in [-0.25, -0.2) is 4.98 Å². The maximum absolute atomic E-state index is 11.5. The van der Waals surface area contributed by atoms with Crippen LogP contribution in [0.4, 0.5) is 10.9 Å². The van der Waals surface area contributed by atoms with Gasteiger partial charge in [-0.2, -0.15) is 0 Å². The molecule has 7 heteroatoms. The van der Waals surface area contributed by atoms with Gasteiger partial charge in [-0.05, 0) is 12.1 Å². The lowest BCUT2D eigenvalue weighted by atomic mass is 10.4. The van der Waals surface area contributed by atoms with E-state index in [9.17, 15) is 4.79 Å². The standard InChI is InChI=1S/C8H7N5OS/c9-8-13-12-7(15-8)6(14)11-5-3-1-2-4-10-5/h1-4H,(H2,9,13)(H,10,11,14). The van der Waals surface area contributed by atoms with Crippen molar-refractivity contribution in [3.63, 3.8) is 0 Å². The number of nitrogen functional groups attached to an aromatic ring is 1. The van der Waals surface area contributed by atoms with Gasteiger partial charge in [-0.15, -0.1) is 10.2 Å². The predicted molar refractivity (Wildman–Crippen MR) is 56.5 cm³/mol. The Morgan fingerprint density at radius 3 is 2.87 bits per heavy atom. The number of amides is 1. The topological polar surface area (TPSA) is 93.8 Å². The molecule has 2 aromatic rings. The molecule has 15 heavy (non-hydrogen) atoms. The summed E-state index contributed by atoms with van der Waals surface area (Å²) in [4.78, 5) is 15.5. The molecule has 0 radical (unpaired) electrons. The molecule has 0 aliphatic rings. The smallest absolute Gasteiger partial charge is 0.287 e. The molecule has 1 amide bonds. The summed E-state index contributed by atoms with van der Waals surface area (Å²) in [6.07, 6.45) is 1.59. The zero-order valence-corrected chi connectivity index (χ0v) is 8.36. The first-order chi connectivity index (χ1) is 7.25. The maximum atomic E-state index is 11.5. The van der Waals surface area contributed by atoms with Gasteiger partial charge in [0.25, 0.3) is 5.91 Å². The van der Waals surface area contributed by atoms with Crippen LogP contribution in [0.1, 0.15) is 9.80 Å². The van der Waals surface area contributed by atoms with E-state index in [-0.39, 0.29) is 16.0 Å². The van der Waals surface area contributed by atoms with Crippen LogP contribution in [0.15, 0.2) is 24.4 Å². The lowest BCUT2D eigenvalue weighted by Gasteiger charge is -1.99. The number of pyridine rings is 1. The number of rotatable bonds is 2. The third-order valence-electron chi connectivity index (χ3n) is 1.54. The fraction of sp³-hybridized carbons (Fsp3) is 0. The van der Waals surface area contributed by atoms with Crippen molar-refractivity contribution < 1.29 is 4.79 Å². The van der Waals surface area contributed by atoms with Crippen molar-refractivity contribution in [2.24, 2.45) is 0 Å². The zero-order valence-electron chi connectivity index (χ0n) is 7.54. The normalized spacial score (nSPS) is 9.87. The molecule has 76 valence electrons. The highest BCUT2D eigenvalue weighted by molar-refractivity contribution is 7.16. The summed E-state index contributed by atoms with van der Waals surface area (Å²) in [6, 6.07) is 5.22. The Morgan fingerprint density at radius 2 is 2.27 bits per heavy atom. The van der Waals surface area contributed by atoms with Crippen LogP contribution in [0.2, 0.25) is 0 Å². The molecule has 0 spiro atoms. The SMILES string of the molecule is Nc1nnc(C(=O)Nc2ccccn2)s1. The molecule has 0 fully saturated rings. The van der Waals surface area contributed by atoms with Gasteiger partial charge in [-0.3, -0.25) is 4.79 Å². The minimum atomic E-state index is -0.358. The lowest BCUT2D eigenvalue weighted by Crippen LogP contribution is -2.12. The molecule has 0 saturated carbocycles. The second kappa shape index (κ2) is 4.01. The Kier molecular flexibility index (Phi) is 2.55. The van der Waals surface area contributed by atoms with Crippen molar-refractivity contribution in [2.45, 2.75) is 0 Å². The summed E-state index contributed by atoms with van der Waals surface area (Å²) in [7, 11) is 0. The number of hydrogen-bond donors (Lipinski definition) is 2. The molecule has 0 aromatic carbocycles. The van der Waals surface area contributed by atoms with E-state index >= 15 is 0 Å². The van der Waals surface area contributed by atoms with Crippen molar-refractivity contribution in [1.29, 1.82) is 0 Å². The van der Waals surface area contributed by atoms with Gasteiger partial charge in [0.15, 0.2) is 0 Å². The quantitative estimate of drug-likeness (QED) is 0.781. The van der Waals surface area contributed by atoms with Crippen LogP contribution < -0.4 is 11.1 Å². The Balaban J connectivity index is 2.11. The number of hydrogen-bond acceptors (Lipinski definition) is 6. The summed E-state index contributed by atoms with van der Waals surface area (Å²) < 4.78 is 0. The minimum absolute atomic E-state index is 0.221. The lowest BCUT2D eigenvalue weighted by molar-refractivity contribution is 0.102. The van der Waals surface area contributed by atoms with Gasteiger partial charge in [0.1, 0.15) is 5.82 Å². The second-order valence-corrected chi connectivity index (χ2v) is 3.62. The van der Waals surface area contributed by atoms with Crippen LogP contribution in [0, 0.1) is 0 Å². The highest BCUT2D eigenvalue weighted by Gasteiger charge is 2.11. The second-order valence-electron chi connectivity index (χ2n) is 2.61. The molecule has 3 N–H and O–H groups in total. The zero-order chi connectivity index (χ0) is 10.7. The molecule has 0 saturated heterocycles. The number of nitrogens with zero attached hydrogens (tertiary/aromatic N) is 3. The van der Waals surface area contributed by atoms with E-state index in [1.807, 2.05) is 0 Å². The Hall–Kier alpha value is -2.02. The monoisotopic (exact) mass is 221 g/mol. The molecular weight excluding hydrogens is 214 g/mol. The Morgan fingerprint density at radius 1 is 1.40 bits per heavy atom. The Labute approximate surface area is 89.2 Å². The van der Waals surface area contributed by atoms with Crippen LogP contribution >= 0.6 is 11.3 Å². The first-order valence-corrected chi connectivity index (χ1v) is 4.89. The van der Waals surface area contributed by atoms with Gasteiger partial charge >= 0.3 is 0 Å². The molecule has 0 aliphatic heterocycles. The number of aromatic nitrogens is 3. The first kappa shape index (κ1) is 9.53. The van der Waals surface area contributed by atoms with E-state index in [1.165, 1.54) is 0 Å². The summed E-state index contributed by atoms with van der Waals surface area (Å²) >= 11 is 1.03. The van der Waals surface area contributed by atoms with Crippen LogP contribution in [0.3, 0.4) is 0 Å². The van der Waals surface area contributed by atoms with Gasteiger partial charge < -0.3 is 11.1 Å². The highest BCUT2D eigenvalue weighted by atomic mass is 32.1. The number of nitrogens with one attached hydrogen (secondary N) is 1. The molecule has 0 bridgehead atoms. The highest BCUT2D eigenvalue weighted by Crippen LogP contribution is 2.12. The number of anilines is 2. The van der Waals surface area contributed by atoms with Gasteiger partial charge in [-0.1, -0.05) is 17.4 Å². The van der Waals surface area contributed by atoms with Crippen LogP contribution in [-0.2, 0) is 0 Å². The van der Waals surface area contributed by atoms with Crippen molar-refractivity contribution in [1.82, 2.24) is 15.2 Å². The summed E-state index contributed by atoms with van der Waals surface area (Å²) in [5.74, 6) is 0.110. The van der Waals surface area contributed by atoms with E-state index < -0.39 is 0 Å². The molecule has 2 heterocycles. The molecule has 0 aliphatic carbocycles. The summed E-state index contributed by atoms with van der Waals surface area (Å²) in [5, 5.41) is 10.2. The maximum Gasteiger partial charge on any atom is 0.287 e. The third-order valence-corrected chi connectivity index (χ3v) is 2.29. The van der Waals surface area contributed by atoms with E-state index in [2.05, 4.69) is 20.5 Å². The number of nitrogens with two attached hydrogens (primary N) is 1. The molecule has 0 atom stereocenters. The van der Waals surface area contributed by atoms with Gasteiger partial charge in [0.05, 0.1) is 0 Å². The summed E-state index contributed by atoms with van der Waals surface area (Å²) in [6.45, 7) is 0. The number of carbonyl (C=O) groups excluding carboxylic acids is 1. The van der Waals surface area contributed by atoms with Crippen LogP contribution in [0.5, 0.6) is 0 Å². The van der Waals surface area contributed by atoms with Crippen LogP contribution in [-0.4, -0.2) is 21.1 Å². The van der Waals surface area contributed by atoms with Crippen molar-refractivity contribution in [3.05, 3.63) is 29.4 Å².